The molecular formula is C19H20N2O6. The molecule has 27 heavy (non-hydrogen) atoms. The highest BCUT2D eigenvalue weighted by atomic mass is 16.6. The van der Waals surface area contributed by atoms with Crippen molar-refractivity contribution in [2.45, 2.75) is 12.5 Å². The summed E-state index contributed by atoms with van der Waals surface area (Å²) in [6.45, 7) is 0. The maximum absolute atomic E-state index is 12.4. The number of amides is 1. The Morgan fingerprint density at radius 2 is 1.85 bits per heavy atom. The first kappa shape index (κ1) is 18.4. The standard InChI is InChI=1S/C19H20N2O6/c1-24-15-7-11(8-16(25-2)18(15)26-3)14-10-17(27-21-14)19(23)20-12-5-4-6-13(22)9-12/h4-9,17,22H,10H2,1-3H3,(H,20,23)/t17-/m1/s1. The first-order valence-corrected chi connectivity index (χ1v) is 8.18. The van der Waals surface area contributed by atoms with Gasteiger partial charge in [-0.05, 0) is 24.3 Å². The van der Waals surface area contributed by atoms with Crippen molar-refractivity contribution in [3.05, 3.63) is 42.0 Å². The van der Waals surface area contributed by atoms with Gasteiger partial charge < -0.3 is 29.5 Å². The summed E-state index contributed by atoms with van der Waals surface area (Å²) in [5.41, 5.74) is 1.77. The molecular weight excluding hydrogens is 352 g/mol. The molecule has 0 saturated carbocycles. The summed E-state index contributed by atoms with van der Waals surface area (Å²) in [4.78, 5) is 17.7. The van der Waals surface area contributed by atoms with Crippen molar-refractivity contribution in [1.29, 1.82) is 0 Å². The number of rotatable bonds is 6. The summed E-state index contributed by atoms with van der Waals surface area (Å²) < 4.78 is 16.0. The van der Waals surface area contributed by atoms with E-state index in [1.165, 1.54) is 33.5 Å². The van der Waals surface area contributed by atoms with Crippen molar-refractivity contribution < 1.29 is 28.9 Å². The topological polar surface area (TPSA) is 98.6 Å². The van der Waals surface area contributed by atoms with Gasteiger partial charge in [-0.1, -0.05) is 11.2 Å². The molecule has 8 heteroatoms. The Bertz CT molecular complexity index is 855. The number of ether oxygens (including phenoxy) is 3. The minimum Gasteiger partial charge on any atom is -0.508 e. The number of carbonyl (C=O) groups is 1. The molecule has 3 rings (SSSR count). The summed E-state index contributed by atoms with van der Waals surface area (Å²) in [7, 11) is 4.58. The lowest BCUT2D eigenvalue weighted by Crippen LogP contribution is -2.28. The minimum absolute atomic E-state index is 0.0644. The summed E-state index contributed by atoms with van der Waals surface area (Å²) >= 11 is 0. The van der Waals surface area contributed by atoms with Gasteiger partial charge in [0.15, 0.2) is 11.5 Å². The predicted octanol–water partition coefficient (Wildman–Crippen LogP) is 2.55. The van der Waals surface area contributed by atoms with E-state index in [2.05, 4.69) is 10.5 Å². The van der Waals surface area contributed by atoms with E-state index in [4.69, 9.17) is 19.0 Å². The van der Waals surface area contributed by atoms with Crippen LogP contribution in [0.1, 0.15) is 12.0 Å². The van der Waals surface area contributed by atoms with Crippen LogP contribution >= 0.6 is 0 Å². The number of oxime groups is 1. The van der Waals surface area contributed by atoms with Crippen LogP contribution in [0.4, 0.5) is 5.69 Å². The lowest BCUT2D eigenvalue weighted by Gasteiger charge is -2.14. The Hall–Kier alpha value is -3.42. The van der Waals surface area contributed by atoms with E-state index in [9.17, 15) is 9.90 Å². The lowest BCUT2D eigenvalue weighted by atomic mass is 10.0. The summed E-state index contributed by atoms with van der Waals surface area (Å²) in [6.07, 6.45) is -0.495. The van der Waals surface area contributed by atoms with Crippen LogP contribution in [-0.2, 0) is 9.63 Å². The maximum Gasteiger partial charge on any atom is 0.268 e. The molecule has 2 aromatic carbocycles. The van der Waals surface area contributed by atoms with Gasteiger partial charge in [0, 0.05) is 23.7 Å². The van der Waals surface area contributed by atoms with E-state index < -0.39 is 6.10 Å². The zero-order chi connectivity index (χ0) is 19.4. The number of hydrogen-bond donors (Lipinski definition) is 2. The van der Waals surface area contributed by atoms with Crippen LogP contribution < -0.4 is 19.5 Å². The molecule has 0 spiro atoms. The molecule has 1 amide bonds. The van der Waals surface area contributed by atoms with Gasteiger partial charge in [0.2, 0.25) is 11.9 Å². The number of phenols is 1. The molecule has 1 aliphatic heterocycles. The fraction of sp³-hybridized carbons (Fsp3) is 0.263. The summed E-state index contributed by atoms with van der Waals surface area (Å²) in [5.74, 6) is 1.16. The summed E-state index contributed by atoms with van der Waals surface area (Å²) in [6, 6.07) is 9.78. The average molecular weight is 372 g/mol. The van der Waals surface area contributed by atoms with Crippen LogP contribution in [0, 0.1) is 0 Å². The normalized spacial score (nSPS) is 15.5. The molecule has 0 fully saturated rings. The third-order valence-corrected chi connectivity index (χ3v) is 4.07. The zero-order valence-corrected chi connectivity index (χ0v) is 15.2. The van der Waals surface area contributed by atoms with Gasteiger partial charge in [0.25, 0.3) is 5.91 Å². The van der Waals surface area contributed by atoms with Crippen molar-refractivity contribution in [1.82, 2.24) is 0 Å². The van der Waals surface area contributed by atoms with Gasteiger partial charge in [-0.25, -0.2) is 0 Å². The third-order valence-electron chi connectivity index (χ3n) is 4.07. The molecule has 0 bridgehead atoms. The van der Waals surface area contributed by atoms with Gasteiger partial charge in [0.1, 0.15) is 5.75 Å². The van der Waals surface area contributed by atoms with Gasteiger partial charge in [-0.2, -0.15) is 0 Å². The van der Waals surface area contributed by atoms with Gasteiger partial charge in [-0.15, -0.1) is 0 Å². The molecule has 142 valence electrons. The molecule has 2 N–H and O–H groups in total. The number of nitrogens with one attached hydrogen (secondary N) is 1. The van der Waals surface area contributed by atoms with Crippen molar-refractivity contribution in [3.63, 3.8) is 0 Å². The number of phenolic OH excluding ortho intramolecular Hbond substituents is 1. The number of nitrogens with zero attached hydrogens (tertiary/aromatic N) is 1. The monoisotopic (exact) mass is 372 g/mol. The Morgan fingerprint density at radius 1 is 1.15 bits per heavy atom. The van der Waals surface area contributed by atoms with Crippen molar-refractivity contribution >= 4 is 17.3 Å². The molecule has 0 saturated heterocycles. The molecule has 0 aliphatic carbocycles. The van der Waals surface area contributed by atoms with Gasteiger partial charge in [-0.3, -0.25) is 4.79 Å². The van der Waals surface area contributed by atoms with Crippen molar-refractivity contribution in [2.24, 2.45) is 5.16 Å². The van der Waals surface area contributed by atoms with E-state index in [1.807, 2.05) is 0 Å². The molecule has 1 heterocycles. The quantitative estimate of drug-likeness (QED) is 0.809. The highest BCUT2D eigenvalue weighted by molar-refractivity contribution is 6.06. The molecule has 0 aromatic heterocycles. The second kappa shape index (κ2) is 7.86. The Labute approximate surface area is 156 Å². The number of carbonyl (C=O) groups excluding carboxylic acids is 1. The Kier molecular flexibility index (Phi) is 5.35. The Balaban J connectivity index is 1.74. The molecule has 0 radical (unpaired) electrons. The maximum atomic E-state index is 12.4. The van der Waals surface area contributed by atoms with Gasteiger partial charge >= 0.3 is 0 Å². The van der Waals surface area contributed by atoms with E-state index in [1.54, 1.807) is 24.3 Å². The largest absolute Gasteiger partial charge is 0.508 e. The molecule has 1 aliphatic rings. The SMILES string of the molecule is COc1cc(C2=NO[C@@H](C(=O)Nc3cccc(O)c3)C2)cc(OC)c1OC. The van der Waals surface area contributed by atoms with Crippen LogP contribution in [-0.4, -0.2) is 44.2 Å². The van der Waals surface area contributed by atoms with Crippen LogP contribution in [0.3, 0.4) is 0 Å². The van der Waals surface area contributed by atoms with E-state index in [0.29, 0.717) is 34.2 Å². The zero-order valence-electron chi connectivity index (χ0n) is 15.2. The van der Waals surface area contributed by atoms with Crippen LogP contribution in [0.5, 0.6) is 23.0 Å². The molecule has 0 unspecified atom stereocenters. The molecule has 1 atom stereocenters. The van der Waals surface area contributed by atoms with Crippen LogP contribution in [0.25, 0.3) is 0 Å². The van der Waals surface area contributed by atoms with Crippen LogP contribution in [0.15, 0.2) is 41.6 Å². The lowest BCUT2D eigenvalue weighted by molar-refractivity contribution is -0.125. The fourth-order valence-corrected chi connectivity index (χ4v) is 2.74. The second-order valence-corrected chi connectivity index (χ2v) is 5.79. The first-order valence-electron chi connectivity index (χ1n) is 8.18. The Morgan fingerprint density at radius 3 is 2.44 bits per heavy atom. The first-order chi connectivity index (χ1) is 13.0. The molecule has 2 aromatic rings. The second-order valence-electron chi connectivity index (χ2n) is 5.79. The van der Waals surface area contributed by atoms with Gasteiger partial charge in [0.05, 0.1) is 27.0 Å². The van der Waals surface area contributed by atoms with E-state index in [-0.39, 0.29) is 18.1 Å². The fourth-order valence-electron chi connectivity index (χ4n) is 2.74. The smallest absolute Gasteiger partial charge is 0.268 e. The average Bonchev–Trinajstić information content (AvgIpc) is 3.17. The predicted molar refractivity (Wildman–Crippen MR) is 98.9 cm³/mol. The van der Waals surface area contributed by atoms with Crippen molar-refractivity contribution in [2.75, 3.05) is 26.6 Å². The third kappa shape index (κ3) is 3.89. The minimum atomic E-state index is -0.776. The van der Waals surface area contributed by atoms with Crippen LogP contribution in [0.2, 0.25) is 0 Å². The van der Waals surface area contributed by atoms with E-state index in [0.717, 1.165) is 0 Å². The number of aromatic hydroxyl groups is 1. The number of anilines is 1. The summed E-state index contributed by atoms with van der Waals surface area (Å²) in [5, 5.41) is 16.2. The molecule has 8 nitrogen and oxygen atoms in total. The highest BCUT2D eigenvalue weighted by Gasteiger charge is 2.30. The van der Waals surface area contributed by atoms with E-state index >= 15 is 0 Å². The number of benzene rings is 2. The number of hydrogen-bond acceptors (Lipinski definition) is 7. The highest BCUT2D eigenvalue weighted by Crippen LogP contribution is 2.39. The number of methoxy groups -OCH3 is 3. The van der Waals surface area contributed by atoms with Crippen molar-refractivity contribution in [3.8, 4) is 23.0 Å².